The Labute approximate surface area is 302 Å². The highest BCUT2D eigenvalue weighted by molar-refractivity contribution is 6.10. The summed E-state index contributed by atoms with van der Waals surface area (Å²) in [6.07, 6.45) is 0. The van der Waals surface area contributed by atoms with Gasteiger partial charge in [-0.3, -0.25) is 0 Å². The Morgan fingerprint density at radius 3 is 1.67 bits per heavy atom. The first-order valence-corrected chi connectivity index (χ1v) is 17.7. The molecule has 0 atom stereocenters. The number of hydrogen-bond donors (Lipinski definition) is 0. The molecule has 10 aromatic rings. The first kappa shape index (κ1) is 30.0. The zero-order valence-electron chi connectivity index (χ0n) is 28.4. The molecule has 0 amide bonds. The zero-order chi connectivity index (χ0) is 34.4. The summed E-state index contributed by atoms with van der Waals surface area (Å²) in [4.78, 5) is 2.38. The normalized spacial score (nSPS) is 11.5. The van der Waals surface area contributed by atoms with Crippen molar-refractivity contribution in [2.45, 2.75) is 0 Å². The quantitative estimate of drug-likeness (QED) is 0.176. The average molecular weight is 664 g/mol. The predicted molar refractivity (Wildman–Crippen MR) is 220 cm³/mol. The van der Waals surface area contributed by atoms with Gasteiger partial charge in [-0.15, -0.1) is 0 Å². The second kappa shape index (κ2) is 12.5. The number of nitrogens with zero attached hydrogens (tertiary/aromatic N) is 1. The second-order valence-electron chi connectivity index (χ2n) is 13.4. The van der Waals surface area contributed by atoms with Gasteiger partial charge in [-0.2, -0.15) is 0 Å². The molecule has 1 aromatic heterocycles. The fourth-order valence-corrected chi connectivity index (χ4v) is 7.58. The smallest absolute Gasteiger partial charge is 0.136 e. The molecule has 244 valence electrons. The van der Waals surface area contributed by atoms with Crippen molar-refractivity contribution in [3.63, 3.8) is 0 Å². The fraction of sp³-hybridized carbons (Fsp3) is 0. The largest absolute Gasteiger partial charge is 0.456 e. The van der Waals surface area contributed by atoms with E-state index >= 15 is 0 Å². The molecule has 10 rings (SSSR count). The minimum absolute atomic E-state index is 0.921. The van der Waals surface area contributed by atoms with Gasteiger partial charge in [-0.1, -0.05) is 140 Å². The highest BCUT2D eigenvalue weighted by Gasteiger charge is 2.18. The average Bonchev–Trinajstić information content (AvgIpc) is 3.58. The second-order valence-corrected chi connectivity index (χ2v) is 13.4. The van der Waals surface area contributed by atoms with Gasteiger partial charge in [-0.05, 0) is 110 Å². The van der Waals surface area contributed by atoms with Gasteiger partial charge < -0.3 is 9.32 Å². The van der Waals surface area contributed by atoms with Crippen LogP contribution in [0.2, 0.25) is 0 Å². The molecular formula is C50H33NO. The lowest BCUT2D eigenvalue weighted by atomic mass is 9.97. The van der Waals surface area contributed by atoms with E-state index < -0.39 is 0 Å². The van der Waals surface area contributed by atoms with Crippen LogP contribution in [0, 0.1) is 0 Å². The lowest BCUT2D eigenvalue weighted by Crippen LogP contribution is -2.11. The van der Waals surface area contributed by atoms with E-state index in [0.29, 0.717) is 0 Å². The summed E-state index contributed by atoms with van der Waals surface area (Å²) in [6, 6.07) is 71.9. The lowest BCUT2D eigenvalue weighted by molar-refractivity contribution is 0.669. The number of furan rings is 1. The first-order valence-electron chi connectivity index (χ1n) is 17.7. The lowest BCUT2D eigenvalue weighted by Gasteiger charge is -2.28. The van der Waals surface area contributed by atoms with Crippen LogP contribution in [0.15, 0.2) is 205 Å². The van der Waals surface area contributed by atoms with Gasteiger partial charge in [0.2, 0.25) is 0 Å². The van der Waals surface area contributed by atoms with Crippen LogP contribution < -0.4 is 4.90 Å². The van der Waals surface area contributed by atoms with Crippen molar-refractivity contribution in [2.24, 2.45) is 0 Å². The van der Waals surface area contributed by atoms with Crippen LogP contribution in [0.3, 0.4) is 0 Å². The minimum Gasteiger partial charge on any atom is -0.456 e. The van der Waals surface area contributed by atoms with Crippen LogP contribution in [0.4, 0.5) is 17.1 Å². The summed E-state index contributed by atoms with van der Waals surface area (Å²) < 4.78 is 6.16. The molecule has 0 saturated heterocycles. The first-order chi connectivity index (χ1) is 25.7. The number of benzene rings is 9. The van der Waals surface area contributed by atoms with Crippen molar-refractivity contribution in [3.8, 4) is 33.4 Å². The van der Waals surface area contributed by atoms with Crippen LogP contribution in [0.1, 0.15) is 0 Å². The van der Waals surface area contributed by atoms with Gasteiger partial charge in [0.15, 0.2) is 0 Å². The van der Waals surface area contributed by atoms with Gasteiger partial charge in [-0.25, -0.2) is 0 Å². The number of fused-ring (bicyclic) bond motifs is 5. The molecule has 2 heteroatoms. The Balaban J connectivity index is 1.07. The molecule has 0 unspecified atom stereocenters. The maximum absolute atomic E-state index is 6.16. The summed E-state index contributed by atoms with van der Waals surface area (Å²) in [5.41, 5.74) is 12.3. The fourth-order valence-electron chi connectivity index (χ4n) is 7.58. The van der Waals surface area contributed by atoms with Crippen molar-refractivity contribution in [3.05, 3.63) is 200 Å². The summed E-state index contributed by atoms with van der Waals surface area (Å²) in [5.74, 6) is 0. The molecule has 1 heterocycles. The molecule has 0 aliphatic carbocycles. The molecule has 0 radical (unpaired) electrons. The van der Waals surface area contributed by atoms with Gasteiger partial charge >= 0.3 is 0 Å². The maximum Gasteiger partial charge on any atom is 0.136 e. The van der Waals surface area contributed by atoms with E-state index in [1.807, 2.05) is 12.1 Å². The van der Waals surface area contributed by atoms with Gasteiger partial charge in [0.1, 0.15) is 11.2 Å². The Morgan fingerprint density at radius 2 is 0.865 bits per heavy atom. The molecule has 0 saturated carbocycles. The van der Waals surface area contributed by atoms with Crippen LogP contribution in [0.25, 0.3) is 76.9 Å². The Morgan fingerprint density at radius 1 is 0.308 bits per heavy atom. The molecule has 0 spiro atoms. The molecule has 0 fully saturated rings. The summed E-state index contributed by atoms with van der Waals surface area (Å²) in [5, 5.41) is 7.14. The van der Waals surface area contributed by atoms with E-state index in [4.69, 9.17) is 4.42 Å². The highest BCUT2D eigenvalue weighted by atomic mass is 16.3. The highest BCUT2D eigenvalue weighted by Crippen LogP contribution is 2.42. The minimum atomic E-state index is 0.921. The molecule has 52 heavy (non-hydrogen) atoms. The molecule has 0 N–H and O–H groups in total. The Bertz CT molecular complexity index is 2890. The van der Waals surface area contributed by atoms with Crippen molar-refractivity contribution >= 4 is 60.5 Å². The Kier molecular flexibility index (Phi) is 7.18. The van der Waals surface area contributed by atoms with Crippen LogP contribution in [-0.2, 0) is 0 Å². The van der Waals surface area contributed by atoms with Crippen molar-refractivity contribution in [2.75, 3.05) is 4.90 Å². The number of anilines is 3. The molecule has 2 nitrogen and oxygen atoms in total. The van der Waals surface area contributed by atoms with Gasteiger partial charge in [0.05, 0.1) is 5.69 Å². The van der Waals surface area contributed by atoms with Crippen molar-refractivity contribution < 1.29 is 4.42 Å². The summed E-state index contributed by atoms with van der Waals surface area (Å²) >= 11 is 0. The molecule has 0 aliphatic heterocycles. The predicted octanol–water partition coefficient (Wildman–Crippen LogP) is 14.4. The van der Waals surface area contributed by atoms with E-state index in [0.717, 1.165) is 39.0 Å². The van der Waals surface area contributed by atoms with Crippen molar-refractivity contribution in [1.29, 1.82) is 0 Å². The maximum atomic E-state index is 6.16. The monoisotopic (exact) mass is 663 g/mol. The third-order valence-corrected chi connectivity index (χ3v) is 10.2. The van der Waals surface area contributed by atoms with Crippen LogP contribution >= 0.6 is 0 Å². The van der Waals surface area contributed by atoms with E-state index in [-0.39, 0.29) is 0 Å². The zero-order valence-corrected chi connectivity index (χ0v) is 28.4. The van der Waals surface area contributed by atoms with Gasteiger partial charge in [0, 0.05) is 27.7 Å². The third-order valence-electron chi connectivity index (χ3n) is 10.2. The van der Waals surface area contributed by atoms with Crippen LogP contribution in [-0.4, -0.2) is 0 Å². The van der Waals surface area contributed by atoms with E-state index in [2.05, 4.69) is 193 Å². The van der Waals surface area contributed by atoms with Gasteiger partial charge in [0.25, 0.3) is 0 Å². The van der Waals surface area contributed by atoms with E-state index in [9.17, 15) is 0 Å². The third kappa shape index (κ3) is 5.30. The summed E-state index contributed by atoms with van der Waals surface area (Å²) in [7, 11) is 0. The molecule has 0 aliphatic rings. The standard InChI is InChI=1S/C50H33NO/c1-2-10-34(11-3-1)36-22-26-43(27-23-36)51(48-16-8-6-14-45(48)41-21-18-35-12-4-5-13-38(35)30-41)44-28-24-37(25-29-44)39-19-20-40-33-50-47(32-42(40)31-39)46-15-7-9-17-49(46)52-50/h1-33H. The number of hydrogen-bond acceptors (Lipinski definition) is 2. The van der Waals surface area contributed by atoms with Crippen LogP contribution in [0.5, 0.6) is 0 Å². The van der Waals surface area contributed by atoms with E-state index in [1.54, 1.807) is 0 Å². The molecule has 9 aromatic carbocycles. The van der Waals surface area contributed by atoms with Crippen molar-refractivity contribution in [1.82, 2.24) is 0 Å². The summed E-state index contributed by atoms with van der Waals surface area (Å²) in [6.45, 7) is 0. The number of rotatable bonds is 6. The Hall–Kier alpha value is -6.90. The number of para-hydroxylation sites is 2. The molecular weight excluding hydrogens is 631 g/mol. The SMILES string of the molecule is c1ccc(-c2ccc(N(c3ccc(-c4ccc5cc6oc7ccccc7c6cc5c4)cc3)c3ccccc3-c3ccc4ccccc4c3)cc2)cc1. The topological polar surface area (TPSA) is 16.4 Å². The van der Waals surface area contributed by atoms with E-state index in [1.165, 1.54) is 54.9 Å². The molecule has 0 bridgehead atoms.